The van der Waals surface area contributed by atoms with Crippen LogP contribution in [0.25, 0.3) is 0 Å². The fourth-order valence-corrected chi connectivity index (χ4v) is 3.47. The number of halogens is 2. The van der Waals surface area contributed by atoms with Gasteiger partial charge in [0.15, 0.2) is 5.82 Å². The van der Waals surface area contributed by atoms with E-state index in [1.54, 1.807) is 24.4 Å². The summed E-state index contributed by atoms with van der Waals surface area (Å²) in [5.74, 6) is 0.975. The highest BCUT2D eigenvalue weighted by molar-refractivity contribution is 7.89. The van der Waals surface area contributed by atoms with Crippen molar-refractivity contribution in [3.05, 3.63) is 65.6 Å². The quantitative estimate of drug-likeness (QED) is 0.479. The fraction of sp³-hybridized carbons (Fsp3) is 0.118. The molecule has 0 aliphatic heterocycles. The Kier molecular flexibility index (Phi) is 6.34. The highest BCUT2D eigenvalue weighted by atomic mass is 35.5. The van der Waals surface area contributed by atoms with Crippen LogP contribution in [0.2, 0.25) is 5.02 Å². The van der Waals surface area contributed by atoms with Crippen molar-refractivity contribution in [3.8, 4) is 0 Å². The van der Waals surface area contributed by atoms with Crippen molar-refractivity contribution >= 4 is 39.1 Å². The lowest BCUT2D eigenvalue weighted by atomic mass is 10.3. The lowest BCUT2D eigenvalue weighted by Gasteiger charge is -2.09. The number of nitrogens with one attached hydrogen (secondary N) is 3. The first-order valence-corrected chi connectivity index (χ1v) is 10.0. The van der Waals surface area contributed by atoms with Gasteiger partial charge in [-0.05, 0) is 42.5 Å². The van der Waals surface area contributed by atoms with Crippen molar-refractivity contribution in [2.45, 2.75) is 4.90 Å². The summed E-state index contributed by atoms with van der Waals surface area (Å²) >= 11 is 5.62. The standard InChI is InChI=1S/C17H16ClFN6O2S/c18-13-11-12(4-5-14(13)19)28(26,27)22-10-9-21-16-6-7-17(25-24-16)23-15-3-1-2-8-20-15/h1-8,11,22H,9-10H2,(H,21,24)(H,20,23,25). The monoisotopic (exact) mass is 422 g/mol. The van der Waals surface area contributed by atoms with E-state index in [0.717, 1.165) is 18.2 Å². The maximum absolute atomic E-state index is 13.2. The summed E-state index contributed by atoms with van der Waals surface area (Å²) in [5.41, 5.74) is 0. The van der Waals surface area contributed by atoms with Gasteiger partial charge in [-0.3, -0.25) is 0 Å². The second-order valence-electron chi connectivity index (χ2n) is 5.54. The van der Waals surface area contributed by atoms with Crippen molar-refractivity contribution in [1.29, 1.82) is 0 Å². The molecule has 0 fully saturated rings. The molecule has 28 heavy (non-hydrogen) atoms. The molecule has 0 saturated carbocycles. The van der Waals surface area contributed by atoms with Crippen molar-refractivity contribution in [3.63, 3.8) is 0 Å². The zero-order valence-electron chi connectivity index (χ0n) is 14.4. The van der Waals surface area contributed by atoms with Crippen LogP contribution in [0.3, 0.4) is 0 Å². The molecule has 3 N–H and O–H groups in total. The molecule has 0 saturated heterocycles. The van der Waals surface area contributed by atoms with E-state index in [0.29, 0.717) is 17.5 Å². The molecule has 0 radical (unpaired) electrons. The first-order chi connectivity index (χ1) is 13.4. The first-order valence-electron chi connectivity index (χ1n) is 8.14. The topological polar surface area (TPSA) is 109 Å². The third-order valence-corrected chi connectivity index (χ3v) is 5.26. The van der Waals surface area contributed by atoms with E-state index in [1.807, 2.05) is 12.1 Å². The van der Waals surface area contributed by atoms with Gasteiger partial charge in [-0.1, -0.05) is 17.7 Å². The molecule has 0 spiro atoms. The van der Waals surface area contributed by atoms with Gasteiger partial charge in [0.2, 0.25) is 10.0 Å². The van der Waals surface area contributed by atoms with Crippen LogP contribution in [0.1, 0.15) is 0 Å². The minimum Gasteiger partial charge on any atom is -0.367 e. The summed E-state index contributed by atoms with van der Waals surface area (Å²) in [6.07, 6.45) is 1.66. The summed E-state index contributed by atoms with van der Waals surface area (Å²) in [6, 6.07) is 12.1. The van der Waals surface area contributed by atoms with Crippen LogP contribution in [0, 0.1) is 5.82 Å². The smallest absolute Gasteiger partial charge is 0.240 e. The Bertz CT molecular complexity index is 1040. The molecule has 0 bridgehead atoms. The number of aromatic nitrogens is 3. The van der Waals surface area contributed by atoms with Gasteiger partial charge in [-0.25, -0.2) is 22.5 Å². The molecule has 146 valence electrons. The van der Waals surface area contributed by atoms with Crippen molar-refractivity contribution < 1.29 is 12.8 Å². The molecule has 3 rings (SSSR count). The molecule has 0 aliphatic carbocycles. The normalized spacial score (nSPS) is 11.2. The predicted octanol–water partition coefficient (Wildman–Crippen LogP) is 2.80. The van der Waals surface area contributed by atoms with Gasteiger partial charge >= 0.3 is 0 Å². The minimum absolute atomic E-state index is 0.0902. The van der Waals surface area contributed by atoms with E-state index in [4.69, 9.17) is 11.6 Å². The van der Waals surface area contributed by atoms with Crippen LogP contribution in [0.5, 0.6) is 0 Å². The number of nitrogens with zero attached hydrogens (tertiary/aromatic N) is 3. The SMILES string of the molecule is O=S(=O)(NCCNc1ccc(Nc2ccccn2)nn1)c1ccc(F)c(Cl)c1. The number of sulfonamides is 1. The maximum Gasteiger partial charge on any atom is 0.240 e. The van der Waals surface area contributed by atoms with E-state index >= 15 is 0 Å². The van der Waals surface area contributed by atoms with E-state index in [1.165, 1.54) is 0 Å². The molecular weight excluding hydrogens is 407 g/mol. The van der Waals surface area contributed by atoms with Gasteiger partial charge in [0, 0.05) is 19.3 Å². The highest BCUT2D eigenvalue weighted by Gasteiger charge is 2.15. The number of hydrogen-bond acceptors (Lipinski definition) is 7. The average Bonchev–Trinajstić information content (AvgIpc) is 2.69. The van der Waals surface area contributed by atoms with Gasteiger partial charge in [0.1, 0.15) is 17.5 Å². The second-order valence-corrected chi connectivity index (χ2v) is 7.72. The molecule has 0 aliphatic rings. The van der Waals surface area contributed by atoms with Crippen molar-refractivity contribution in [2.24, 2.45) is 0 Å². The minimum atomic E-state index is -3.79. The van der Waals surface area contributed by atoms with Crippen LogP contribution in [0.15, 0.2) is 59.6 Å². The molecule has 0 unspecified atom stereocenters. The van der Waals surface area contributed by atoms with Crippen LogP contribution < -0.4 is 15.4 Å². The second kappa shape index (κ2) is 8.91. The molecule has 2 heterocycles. The molecule has 1 aromatic carbocycles. The van der Waals surface area contributed by atoms with Gasteiger partial charge < -0.3 is 10.6 Å². The van der Waals surface area contributed by atoms with Gasteiger partial charge in [-0.2, -0.15) is 0 Å². The average molecular weight is 423 g/mol. The van der Waals surface area contributed by atoms with Crippen LogP contribution in [0.4, 0.5) is 21.8 Å². The summed E-state index contributed by atoms with van der Waals surface area (Å²) < 4.78 is 39.9. The van der Waals surface area contributed by atoms with E-state index in [-0.39, 0.29) is 23.0 Å². The van der Waals surface area contributed by atoms with E-state index in [2.05, 4.69) is 30.5 Å². The van der Waals surface area contributed by atoms with Gasteiger partial charge in [0.25, 0.3) is 0 Å². The Morgan fingerprint density at radius 3 is 2.43 bits per heavy atom. The van der Waals surface area contributed by atoms with Gasteiger partial charge in [-0.15, -0.1) is 10.2 Å². The zero-order chi connectivity index (χ0) is 20.0. The summed E-state index contributed by atoms with van der Waals surface area (Å²) in [6.45, 7) is 0.364. The number of benzene rings is 1. The molecule has 0 amide bonds. The highest BCUT2D eigenvalue weighted by Crippen LogP contribution is 2.19. The third kappa shape index (κ3) is 5.35. The zero-order valence-corrected chi connectivity index (χ0v) is 16.0. The largest absolute Gasteiger partial charge is 0.367 e. The number of pyridine rings is 1. The Hall–Kier alpha value is -2.82. The van der Waals surface area contributed by atoms with Crippen molar-refractivity contribution in [1.82, 2.24) is 19.9 Å². The lowest BCUT2D eigenvalue weighted by Crippen LogP contribution is -2.29. The van der Waals surface area contributed by atoms with Crippen LogP contribution in [-0.2, 0) is 10.0 Å². The van der Waals surface area contributed by atoms with Crippen LogP contribution in [-0.4, -0.2) is 36.7 Å². The predicted molar refractivity (Wildman–Crippen MR) is 105 cm³/mol. The Morgan fingerprint density at radius 2 is 1.75 bits per heavy atom. The molecule has 2 aromatic heterocycles. The fourth-order valence-electron chi connectivity index (χ4n) is 2.16. The molecular formula is C17H16ClFN6O2S. The van der Waals surface area contributed by atoms with E-state index < -0.39 is 15.8 Å². The third-order valence-electron chi connectivity index (χ3n) is 3.51. The number of anilines is 3. The Balaban J connectivity index is 1.49. The number of hydrogen-bond donors (Lipinski definition) is 3. The van der Waals surface area contributed by atoms with Gasteiger partial charge in [0.05, 0.1) is 9.92 Å². The molecule has 11 heteroatoms. The van der Waals surface area contributed by atoms with Crippen molar-refractivity contribution in [2.75, 3.05) is 23.7 Å². The Morgan fingerprint density at radius 1 is 0.964 bits per heavy atom. The first kappa shape index (κ1) is 19.9. The summed E-state index contributed by atoms with van der Waals surface area (Å²) in [4.78, 5) is 4.02. The Labute approximate surface area is 166 Å². The molecule has 0 atom stereocenters. The molecule has 3 aromatic rings. The van der Waals surface area contributed by atoms with Crippen LogP contribution >= 0.6 is 11.6 Å². The summed E-state index contributed by atoms with van der Waals surface area (Å²) in [5, 5.41) is 13.7. The lowest BCUT2D eigenvalue weighted by molar-refractivity contribution is 0.582. The summed E-state index contributed by atoms with van der Waals surface area (Å²) in [7, 11) is -3.79. The number of rotatable bonds is 8. The van der Waals surface area contributed by atoms with E-state index in [9.17, 15) is 12.8 Å². The maximum atomic E-state index is 13.2. The molecule has 8 nitrogen and oxygen atoms in total.